The lowest BCUT2D eigenvalue weighted by molar-refractivity contribution is 0.198. The van der Waals surface area contributed by atoms with Crippen LogP contribution in [-0.4, -0.2) is 50.8 Å². The van der Waals surface area contributed by atoms with E-state index in [0.717, 1.165) is 11.3 Å². The van der Waals surface area contributed by atoms with Crippen LogP contribution < -0.4 is 10.6 Å². The van der Waals surface area contributed by atoms with Crippen LogP contribution in [0.3, 0.4) is 0 Å². The molecule has 8 heteroatoms. The molecule has 0 atom stereocenters. The SMILES string of the molecule is Cc1cc2n(CCNC(=O)N3CCNC3=O)ccn2n1. The highest BCUT2D eigenvalue weighted by atomic mass is 16.2. The van der Waals surface area contributed by atoms with Gasteiger partial charge in [-0.05, 0) is 6.92 Å². The van der Waals surface area contributed by atoms with Gasteiger partial charge in [0.25, 0.3) is 0 Å². The molecule has 2 aromatic heterocycles. The van der Waals surface area contributed by atoms with E-state index in [1.54, 1.807) is 4.52 Å². The van der Waals surface area contributed by atoms with E-state index in [2.05, 4.69) is 15.7 Å². The van der Waals surface area contributed by atoms with Gasteiger partial charge in [-0.3, -0.25) is 0 Å². The molecule has 0 aromatic carbocycles. The number of carbonyl (C=O) groups excluding carboxylic acids is 2. The first kappa shape index (κ1) is 12.5. The van der Waals surface area contributed by atoms with Crippen molar-refractivity contribution in [3.05, 3.63) is 24.2 Å². The summed E-state index contributed by atoms with van der Waals surface area (Å²) < 4.78 is 3.80. The van der Waals surface area contributed by atoms with E-state index >= 15 is 0 Å². The van der Waals surface area contributed by atoms with Gasteiger partial charge in [-0.25, -0.2) is 19.0 Å². The second-order valence-electron chi connectivity index (χ2n) is 4.70. The Labute approximate surface area is 115 Å². The lowest BCUT2D eigenvalue weighted by Crippen LogP contribution is -2.42. The molecule has 2 N–H and O–H groups in total. The summed E-state index contributed by atoms with van der Waals surface area (Å²) in [5.41, 5.74) is 1.93. The predicted molar refractivity (Wildman–Crippen MR) is 71.4 cm³/mol. The number of rotatable bonds is 3. The van der Waals surface area contributed by atoms with Crippen molar-refractivity contribution in [3.63, 3.8) is 0 Å². The zero-order chi connectivity index (χ0) is 14.1. The lowest BCUT2D eigenvalue weighted by atomic mass is 10.5. The van der Waals surface area contributed by atoms with Gasteiger partial charge < -0.3 is 15.2 Å². The van der Waals surface area contributed by atoms with Crippen LogP contribution in [0.1, 0.15) is 5.69 Å². The van der Waals surface area contributed by atoms with Gasteiger partial charge in [0.15, 0.2) is 0 Å². The van der Waals surface area contributed by atoms with Gasteiger partial charge >= 0.3 is 12.1 Å². The van der Waals surface area contributed by atoms with Crippen molar-refractivity contribution in [2.24, 2.45) is 0 Å². The summed E-state index contributed by atoms with van der Waals surface area (Å²) in [5.74, 6) is 0. The second kappa shape index (κ2) is 4.87. The number of aromatic nitrogens is 3. The van der Waals surface area contributed by atoms with Crippen LogP contribution in [-0.2, 0) is 6.54 Å². The van der Waals surface area contributed by atoms with E-state index in [9.17, 15) is 9.59 Å². The number of aryl methyl sites for hydroxylation is 1. The van der Waals surface area contributed by atoms with Crippen molar-refractivity contribution in [1.82, 2.24) is 29.7 Å². The molecule has 3 heterocycles. The molecular weight excluding hydrogens is 260 g/mol. The van der Waals surface area contributed by atoms with E-state index in [4.69, 9.17) is 0 Å². The zero-order valence-corrected chi connectivity index (χ0v) is 11.2. The molecule has 20 heavy (non-hydrogen) atoms. The Balaban J connectivity index is 1.57. The first-order chi connectivity index (χ1) is 9.65. The van der Waals surface area contributed by atoms with Gasteiger partial charge in [0.2, 0.25) is 0 Å². The van der Waals surface area contributed by atoms with Crippen molar-refractivity contribution in [2.75, 3.05) is 19.6 Å². The number of nitrogens with one attached hydrogen (secondary N) is 2. The van der Waals surface area contributed by atoms with Crippen molar-refractivity contribution in [2.45, 2.75) is 13.5 Å². The molecule has 0 bridgehead atoms. The van der Waals surface area contributed by atoms with Crippen LogP contribution in [0.25, 0.3) is 5.65 Å². The topological polar surface area (TPSA) is 83.7 Å². The number of hydrogen-bond donors (Lipinski definition) is 2. The number of imide groups is 1. The number of amides is 4. The molecule has 0 spiro atoms. The maximum absolute atomic E-state index is 11.8. The van der Waals surface area contributed by atoms with E-state index in [0.29, 0.717) is 26.2 Å². The van der Waals surface area contributed by atoms with Crippen LogP contribution in [0.5, 0.6) is 0 Å². The molecule has 2 aromatic rings. The van der Waals surface area contributed by atoms with E-state index < -0.39 is 0 Å². The minimum Gasteiger partial charge on any atom is -0.336 e. The number of carbonyl (C=O) groups is 2. The maximum atomic E-state index is 11.8. The van der Waals surface area contributed by atoms with Crippen LogP contribution >= 0.6 is 0 Å². The Morgan fingerprint density at radius 1 is 1.50 bits per heavy atom. The molecule has 106 valence electrons. The highest BCUT2D eigenvalue weighted by molar-refractivity contribution is 5.94. The van der Waals surface area contributed by atoms with Crippen LogP contribution in [0, 0.1) is 6.92 Å². The third-order valence-corrected chi connectivity index (χ3v) is 3.25. The van der Waals surface area contributed by atoms with E-state index in [-0.39, 0.29) is 12.1 Å². The van der Waals surface area contributed by atoms with Crippen LogP contribution in [0.15, 0.2) is 18.5 Å². The summed E-state index contributed by atoms with van der Waals surface area (Å²) in [5, 5.41) is 9.63. The second-order valence-corrected chi connectivity index (χ2v) is 4.70. The maximum Gasteiger partial charge on any atom is 0.325 e. The molecule has 1 aliphatic rings. The minimum absolute atomic E-state index is 0.336. The Morgan fingerprint density at radius 3 is 3.10 bits per heavy atom. The molecule has 1 saturated heterocycles. The fourth-order valence-corrected chi connectivity index (χ4v) is 2.28. The highest BCUT2D eigenvalue weighted by Gasteiger charge is 2.25. The smallest absolute Gasteiger partial charge is 0.325 e. The Morgan fingerprint density at radius 2 is 2.35 bits per heavy atom. The first-order valence-corrected chi connectivity index (χ1v) is 6.49. The summed E-state index contributed by atoms with van der Waals surface area (Å²) in [7, 11) is 0. The highest BCUT2D eigenvalue weighted by Crippen LogP contribution is 2.06. The molecule has 0 aliphatic carbocycles. The Bertz CT molecular complexity index is 658. The summed E-state index contributed by atoms with van der Waals surface area (Å²) >= 11 is 0. The normalized spacial score (nSPS) is 14.8. The molecule has 0 radical (unpaired) electrons. The Hall–Kier alpha value is -2.51. The monoisotopic (exact) mass is 276 g/mol. The number of imidazole rings is 1. The predicted octanol–water partition coefficient (Wildman–Crippen LogP) is 0.179. The molecule has 0 saturated carbocycles. The fraction of sp³-hybridized carbons (Fsp3) is 0.417. The molecule has 3 rings (SSSR count). The van der Waals surface area contributed by atoms with E-state index in [1.165, 1.54) is 4.90 Å². The van der Waals surface area contributed by atoms with E-state index in [1.807, 2.05) is 30.0 Å². The number of hydrogen-bond acceptors (Lipinski definition) is 3. The third kappa shape index (κ3) is 2.20. The van der Waals surface area contributed by atoms with Crippen molar-refractivity contribution >= 4 is 17.7 Å². The molecular formula is C12H16N6O2. The molecule has 0 unspecified atom stereocenters. The van der Waals surface area contributed by atoms with Gasteiger partial charge in [0, 0.05) is 44.6 Å². The average molecular weight is 276 g/mol. The van der Waals surface area contributed by atoms with Gasteiger partial charge in [-0.15, -0.1) is 0 Å². The number of fused-ring (bicyclic) bond motifs is 1. The quantitative estimate of drug-likeness (QED) is 0.838. The van der Waals surface area contributed by atoms with Crippen molar-refractivity contribution in [1.29, 1.82) is 0 Å². The molecule has 8 nitrogen and oxygen atoms in total. The molecule has 1 fully saturated rings. The molecule has 1 aliphatic heterocycles. The van der Waals surface area contributed by atoms with Crippen molar-refractivity contribution < 1.29 is 9.59 Å². The number of nitrogens with zero attached hydrogens (tertiary/aromatic N) is 4. The fourth-order valence-electron chi connectivity index (χ4n) is 2.28. The number of urea groups is 2. The first-order valence-electron chi connectivity index (χ1n) is 6.49. The molecule has 4 amide bonds. The van der Waals surface area contributed by atoms with Crippen LogP contribution in [0.4, 0.5) is 9.59 Å². The lowest BCUT2D eigenvalue weighted by Gasteiger charge is -2.13. The Kier molecular flexibility index (Phi) is 3.05. The standard InChI is InChI=1S/C12H16N6O2/c1-9-8-10-16(6-7-18(10)15-9)4-2-13-11(19)17-5-3-14-12(17)20/h6-8H,2-5H2,1H3,(H,13,19)(H,14,20). The van der Waals surface area contributed by atoms with Crippen molar-refractivity contribution in [3.8, 4) is 0 Å². The summed E-state index contributed by atoms with van der Waals surface area (Å²) in [4.78, 5) is 24.3. The van der Waals surface area contributed by atoms with Crippen LogP contribution in [0.2, 0.25) is 0 Å². The third-order valence-electron chi connectivity index (χ3n) is 3.25. The largest absolute Gasteiger partial charge is 0.336 e. The summed E-state index contributed by atoms with van der Waals surface area (Å²) in [6.45, 7) is 3.95. The van der Waals surface area contributed by atoms with Gasteiger partial charge in [-0.2, -0.15) is 5.10 Å². The summed E-state index contributed by atoms with van der Waals surface area (Å²) in [6.07, 6.45) is 3.79. The summed E-state index contributed by atoms with van der Waals surface area (Å²) in [6, 6.07) is 1.29. The minimum atomic E-state index is -0.354. The van der Waals surface area contributed by atoms with Gasteiger partial charge in [0.1, 0.15) is 5.65 Å². The van der Waals surface area contributed by atoms with Gasteiger partial charge in [0.05, 0.1) is 5.69 Å². The zero-order valence-electron chi connectivity index (χ0n) is 11.2. The van der Waals surface area contributed by atoms with Gasteiger partial charge in [-0.1, -0.05) is 0 Å². The average Bonchev–Trinajstić information content (AvgIpc) is 3.06.